The lowest BCUT2D eigenvalue weighted by Gasteiger charge is -2.31. The third-order valence-electron chi connectivity index (χ3n) is 7.31. The molecule has 0 aliphatic carbocycles. The Balaban J connectivity index is 1.66. The molecule has 34 heavy (non-hydrogen) atoms. The van der Waals surface area contributed by atoms with Crippen molar-refractivity contribution in [1.29, 1.82) is 0 Å². The molecular weight excluding hydrogens is 451 g/mol. The molecule has 0 aromatic heterocycles. The minimum atomic E-state index is -3.33. The molecule has 1 N–H and O–H groups in total. The monoisotopic (exact) mass is 484 g/mol. The van der Waals surface area contributed by atoms with E-state index >= 15 is 4.11 Å². The van der Waals surface area contributed by atoms with Crippen molar-refractivity contribution in [3.8, 4) is 0 Å². The Morgan fingerprint density at radius 1 is 1.18 bits per heavy atom. The van der Waals surface area contributed by atoms with Crippen LogP contribution in [0.25, 0.3) is 0 Å². The normalized spacial score (nSPS) is 26.2. The summed E-state index contributed by atoms with van der Waals surface area (Å²) in [6, 6.07) is 17.0. The van der Waals surface area contributed by atoms with E-state index < -0.39 is 31.6 Å². The highest BCUT2D eigenvalue weighted by atomic mass is 28.4. The summed E-state index contributed by atoms with van der Waals surface area (Å²) in [5.74, 6) is -0.852. The molecule has 1 fully saturated rings. The van der Waals surface area contributed by atoms with Gasteiger partial charge in [-0.15, -0.1) is 0 Å². The molecule has 0 bridgehead atoms. The van der Waals surface area contributed by atoms with Crippen LogP contribution in [0.2, 0.25) is 18.6 Å². The zero-order valence-corrected chi connectivity index (χ0v) is 21.2. The molecule has 2 heterocycles. The Hall–Kier alpha value is -2.55. The van der Waals surface area contributed by atoms with Crippen LogP contribution >= 0.6 is 0 Å². The van der Waals surface area contributed by atoms with Crippen molar-refractivity contribution < 1.29 is 23.5 Å². The van der Waals surface area contributed by atoms with Crippen molar-refractivity contribution in [3.63, 3.8) is 0 Å². The van der Waals surface area contributed by atoms with Crippen molar-refractivity contribution in [2.24, 2.45) is 5.92 Å². The average Bonchev–Trinajstić information content (AvgIpc) is 3.21. The fraction of sp³-hybridized carbons (Fsp3) is 0.462. The Bertz CT molecular complexity index is 1060. The number of likely N-dealkylation sites (N-methyl/N-ethyl adjacent to an activating group) is 1. The number of amides is 2. The summed E-state index contributed by atoms with van der Waals surface area (Å²) in [7, 11) is -1.62. The number of ether oxygens (including phenoxy) is 1. The fourth-order valence-electron chi connectivity index (χ4n) is 5.82. The van der Waals surface area contributed by atoms with Crippen LogP contribution in [0.3, 0.4) is 0 Å². The number of aliphatic hydroxyl groups excluding tert-OH is 1. The summed E-state index contributed by atoms with van der Waals surface area (Å²) in [5, 5.41) is 9.56. The van der Waals surface area contributed by atoms with Crippen LogP contribution < -0.4 is 4.90 Å². The SMILES string of the molecule is C[C@@H]1[C@@H]([Si](C)(C)F)[C@H](CC(=O)N(CCO)Cc2ccccc2)O[C@@]12C(=O)N(C)c1ccccc12. The van der Waals surface area contributed by atoms with Gasteiger partial charge in [0.1, 0.15) is 0 Å². The Morgan fingerprint density at radius 3 is 2.47 bits per heavy atom. The average molecular weight is 485 g/mol. The van der Waals surface area contributed by atoms with Crippen molar-refractivity contribution in [3.05, 3.63) is 65.7 Å². The van der Waals surface area contributed by atoms with Crippen LogP contribution in [-0.4, -0.2) is 56.5 Å². The molecular formula is C26H33FN2O4Si. The number of carbonyl (C=O) groups excluding carboxylic acids is 2. The maximum absolute atomic E-state index is 15.7. The Morgan fingerprint density at radius 2 is 1.82 bits per heavy atom. The zero-order chi connectivity index (χ0) is 24.7. The molecule has 6 nitrogen and oxygen atoms in total. The number of para-hydroxylation sites is 1. The lowest BCUT2D eigenvalue weighted by molar-refractivity contribution is -0.149. The van der Waals surface area contributed by atoms with E-state index in [4.69, 9.17) is 4.74 Å². The third-order valence-corrected chi connectivity index (χ3v) is 9.77. The summed E-state index contributed by atoms with van der Waals surface area (Å²) in [4.78, 5) is 30.1. The molecule has 1 saturated heterocycles. The first-order valence-electron chi connectivity index (χ1n) is 11.8. The van der Waals surface area contributed by atoms with E-state index in [1.165, 1.54) is 0 Å². The topological polar surface area (TPSA) is 70.1 Å². The van der Waals surface area contributed by atoms with Gasteiger partial charge >= 0.3 is 0 Å². The lowest BCUT2D eigenvalue weighted by atomic mass is 9.82. The second kappa shape index (κ2) is 9.24. The number of fused-ring (bicyclic) bond motifs is 2. The van der Waals surface area contributed by atoms with Gasteiger partial charge in [0.25, 0.3) is 5.91 Å². The minimum Gasteiger partial charge on any atom is -0.395 e. The van der Waals surface area contributed by atoms with Gasteiger partial charge in [0.2, 0.25) is 14.3 Å². The van der Waals surface area contributed by atoms with Crippen molar-refractivity contribution >= 4 is 25.9 Å². The Labute approximate surface area is 201 Å². The fourth-order valence-corrected chi connectivity index (χ4v) is 8.32. The smallest absolute Gasteiger partial charge is 0.264 e. The van der Waals surface area contributed by atoms with E-state index in [1.54, 1.807) is 29.9 Å². The maximum atomic E-state index is 15.7. The van der Waals surface area contributed by atoms with E-state index in [0.29, 0.717) is 6.54 Å². The molecule has 182 valence electrons. The predicted octanol–water partition coefficient (Wildman–Crippen LogP) is 3.85. The standard InChI is InChI=1S/C26H33FN2O4Si/c1-18-24(34(3,4)27)22(16-23(31)29(14-15-30)17-19-10-6-5-7-11-19)33-26(18)20-12-8-9-13-21(20)28(2)25(26)32/h5-13,18,22,24,30H,14-17H2,1-4H3/t18-,22+,24-,26+/m1/s1. The molecule has 2 amide bonds. The number of carbonyl (C=O) groups is 2. The third kappa shape index (κ3) is 4.08. The van der Waals surface area contributed by atoms with Gasteiger partial charge in [-0.25, -0.2) is 0 Å². The largest absolute Gasteiger partial charge is 0.395 e. The van der Waals surface area contributed by atoms with Crippen molar-refractivity contribution in [2.45, 2.75) is 50.2 Å². The van der Waals surface area contributed by atoms with E-state index in [-0.39, 0.29) is 31.4 Å². The van der Waals surface area contributed by atoms with E-state index in [1.807, 2.05) is 61.5 Å². The first-order chi connectivity index (χ1) is 16.1. The summed E-state index contributed by atoms with van der Waals surface area (Å²) in [6.07, 6.45) is -0.766. The van der Waals surface area contributed by atoms with E-state index in [0.717, 1.165) is 16.8 Å². The molecule has 2 aromatic rings. The molecule has 2 aliphatic heterocycles. The first kappa shape index (κ1) is 24.6. The molecule has 2 aromatic carbocycles. The number of anilines is 1. The number of nitrogens with zero attached hydrogens (tertiary/aromatic N) is 2. The maximum Gasteiger partial charge on any atom is 0.264 e. The minimum absolute atomic E-state index is 0.0386. The lowest BCUT2D eigenvalue weighted by Crippen LogP contribution is -2.44. The molecule has 0 unspecified atom stereocenters. The summed E-state index contributed by atoms with van der Waals surface area (Å²) in [5.41, 5.74) is 0.616. The molecule has 0 radical (unpaired) electrons. The quantitative estimate of drug-likeness (QED) is 0.479. The van der Waals surface area contributed by atoms with Crippen LogP contribution in [0.15, 0.2) is 54.6 Å². The van der Waals surface area contributed by atoms with Crippen molar-refractivity contribution in [1.82, 2.24) is 4.90 Å². The van der Waals surface area contributed by atoms with Crippen LogP contribution in [0, 0.1) is 5.92 Å². The van der Waals surface area contributed by atoms with Gasteiger partial charge in [-0.1, -0.05) is 55.5 Å². The summed E-state index contributed by atoms with van der Waals surface area (Å²) in [6.45, 7) is 5.48. The van der Waals surface area contributed by atoms with E-state index in [2.05, 4.69) is 0 Å². The van der Waals surface area contributed by atoms with Crippen LogP contribution in [0.4, 0.5) is 9.80 Å². The number of benzene rings is 2. The van der Waals surface area contributed by atoms with Gasteiger partial charge in [0.15, 0.2) is 5.60 Å². The molecule has 0 saturated carbocycles. The highest BCUT2D eigenvalue weighted by Crippen LogP contribution is 2.59. The van der Waals surface area contributed by atoms with Gasteiger partial charge < -0.3 is 23.8 Å². The van der Waals surface area contributed by atoms with Gasteiger partial charge in [-0.05, 0) is 24.7 Å². The van der Waals surface area contributed by atoms with E-state index in [9.17, 15) is 14.7 Å². The van der Waals surface area contributed by atoms with Gasteiger partial charge in [-0.2, -0.15) is 0 Å². The van der Waals surface area contributed by atoms with Crippen LogP contribution in [0.1, 0.15) is 24.5 Å². The number of hydrogen-bond acceptors (Lipinski definition) is 4. The van der Waals surface area contributed by atoms with Crippen molar-refractivity contribution in [2.75, 3.05) is 25.1 Å². The second-order valence-electron chi connectivity index (χ2n) is 9.88. The molecule has 8 heteroatoms. The second-order valence-corrected chi connectivity index (χ2v) is 13.7. The number of rotatable bonds is 7. The number of halogens is 1. The molecule has 4 atom stereocenters. The van der Waals surface area contributed by atoms with Gasteiger partial charge in [0, 0.05) is 37.2 Å². The molecule has 1 spiro atoms. The highest BCUT2D eigenvalue weighted by molar-refractivity contribution is 6.72. The van der Waals surface area contributed by atoms with Gasteiger partial charge in [-0.3, -0.25) is 9.59 Å². The zero-order valence-electron chi connectivity index (χ0n) is 20.2. The van der Waals surface area contributed by atoms with Gasteiger partial charge in [0.05, 0.1) is 24.8 Å². The predicted molar refractivity (Wildman–Crippen MR) is 131 cm³/mol. The highest BCUT2D eigenvalue weighted by Gasteiger charge is 2.66. The first-order valence-corrected chi connectivity index (χ1v) is 14.7. The summed E-state index contributed by atoms with van der Waals surface area (Å²) >= 11 is 0. The van der Waals surface area contributed by atoms with Crippen LogP contribution in [-0.2, 0) is 26.5 Å². The Kier molecular flexibility index (Phi) is 6.68. The number of hydrogen-bond donors (Lipinski definition) is 1. The van der Waals surface area contributed by atoms with Crippen LogP contribution in [0.5, 0.6) is 0 Å². The number of aliphatic hydroxyl groups is 1. The summed E-state index contributed by atoms with van der Waals surface area (Å²) < 4.78 is 22.3. The molecule has 4 rings (SSSR count). The molecule has 2 aliphatic rings.